The van der Waals surface area contributed by atoms with Crippen molar-refractivity contribution in [1.82, 2.24) is 14.3 Å². The number of aromatic nitrogens is 2. The Morgan fingerprint density at radius 1 is 1.04 bits per heavy atom. The number of ether oxygens (including phenoxy) is 1. The summed E-state index contributed by atoms with van der Waals surface area (Å²) < 4.78 is 32.1. The van der Waals surface area contributed by atoms with Gasteiger partial charge in [-0.05, 0) is 38.5 Å². The van der Waals surface area contributed by atoms with Crippen LogP contribution in [0.2, 0.25) is 0 Å². The molecule has 8 heteroatoms. The van der Waals surface area contributed by atoms with Gasteiger partial charge in [0.05, 0.1) is 11.8 Å². The van der Waals surface area contributed by atoms with Gasteiger partial charge in [0.2, 0.25) is 15.9 Å². The quantitative estimate of drug-likeness (QED) is 0.798. The van der Waals surface area contributed by atoms with Gasteiger partial charge in [0.25, 0.3) is 0 Å². The van der Waals surface area contributed by atoms with E-state index in [1.807, 2.05) is 6.07 Å². The predicted octanol–water partition coefficient (Wildman–Crippen LogP) is 1.41. The first kappa shape index (κ1) is 16.1. The standard InChI is InChI=1S/C16H24N4O3S/c21-24(22,14-4-5-14)20-9-6-13(11-20)23-16-10-15(17-12-18-16)19-7-2-1-3-8-19/h10,12-14H,1-9,11H2. The van der Waals surface area contributed by atoms with Gasteiger partial charge in [-0.3, -0.25) is 0 Å². The highest BCUT2D eigenvalue weighted by atomic mass is 32.2. The summed E-state index contributed by atoms with van der Waals surface area (Å²) in [7, 11) is -3.10. The maximum Gasteiger partial charge on any atom is 0.218 e. The molecule has 0 bridgehead atoms. The number of hydrogen-bond donors (Lipinski definition) is 0. The first-order valence-electron chi connectivity index (χ1n) is 8.85. The molecule has 2 saturated heterocycles. The van der Waals surface area contributed by atoms with E-state index in [0.717, 1.165) is 38.2 Å². The molecule has 0 aromatic carbocycles. The smallest absolute Gasteiger partial charge is 0.218 e. The molecule has 3 aliphatic rings. The lowest BCUT2D eigenvalue weighted by atomic mass is 10.1. The van der Waals surface area contributed by atoms with E-state index in [4.69, 9.17) is 4.74 Å². The second kappa shape index (κ2) is 6.48. The van der Waals surface area contributed by atoms with Gasteiger partial charge in [-0.15, -0.1) is 0 Å². The van der Waals surface area contributed by atoms with Gasteiger partial charge in [-0.25, -0.2) is 18.4 Å². The lowest BCUT2D eigenvalue weighted by molar-refractivity contribution is 0.206. The summed E-state index contributed by atoms with van der Waals surface area (Å²) in [5, 5.41) is -0.152. The van der Waals surface area contributed by atoms with Gasteiger partial charge in [-0.1, -0.05) is 0 Å². The number of sulfonamides is 1. The van der Waals surface area contributed by atoms with E-state index in [0.29, 0.717) is 19.0 Å². The van der Waals surface area contributed by atoms with Gasteiger partial charge in [0, 0.05) is 25.7 Å². The molecule has 3 fully saturated rings. The first-order valence-corrected chi connectivity index (χ1v) is 10.4. The average Bonchev–Trinajstić information content (AvgIpc) is 3.37. The number of nitrogens with zero attached hydrogens (tertiary/aromatic N) is 4. The van der Waals surface area contributed by atoms with Gasteiger partial charge in [0.15, 0.2) is 0 Å². The summed E-state index contributed by atoms with van der Waals surface area (Å²) in [6.45, 7) is 3.02. The molecular weight excluding hydrogens is 328 g/mol. The van der Waals surface area contributed by atoms with Crippen molar-refractivity contribution in [1.29, 1.82) is 0 Å². The van der Waals surface area contributed by atoms with Gasteiger partial charge >= 0.3 is 0 Å². The molecule has 0 radical (unpaired) electrons. The third-order valence-corrected chi connectivity index (χ3v) is 7.37. The zero-order valence-corrected chi connectivity index (χ0v) is 14.6. The van der Waals surface area contributed by atoms with Gasteiger partial charge in [-0.2, -0.15) is 4.31 Å². The zero-order valence-electron chi connectivity index (χ0n) is 13.8. The Balaban J connectivity index is 1.39. The Kier molecular flexibility index (Phi) is 4.34. The Hall–Kier alpha value is -1.41. The summed E-state index contributed by atoms with van der Waals surface area (Å²) in [5.41, 5.74) is 0. The monoisotopic (exact) mass is 352 g/mol. The van der Waals surface area contributed by atoms with E-state index >= 15 is 0 Å². The Morgan fingerprint density at radius 3 is 2.58 bits per heavy atom. The molecule has 1 aliphatic carbocycles. The molecule has 0 spiro atoms. The topological polar surface area (TPSA) is 75.6 Å². The normalized spacial score (nSPS) is 25.8. The minimum Gasteiger partial charge on any atom is -0.473 e. The molecule has 1 aromatic rings. The van der Waals surface area contributed by atoms with Crippen molar-refractivity contribution >= 4 is 15.8 Å². The lowest BCUT2D eigenvalue weighted by Gasteiger charge is -2.27. The van der Waals surface area contributed by atoms with Gasteiger partial charge < -0.3 is 9.64 Å². The summed E-state index contributed by atoms with van der Waals surface area (Å²) in [6.07, 6.45) is 7.39. The van der Waals surface area contributed by atoms with Crippen LogP contribution in [-0.4, -0.2) is 60.2 Å². The van der Waals surface area contributed by atoms with Crippen LogP contribution in [0.15, 0.2) is 12.4 Å². The largest absolute Gasteiger partial charge is 0.473 e. The fourth-order valence-electron chi connectivity index (χ4n) is 3.46. The number of rotatable bonds is 5. The van der Waals surface area contributed by atoms with Crippen LogP contribution in [0.25, 0.3) is 0 Å². The van der Waals surface area contributed by atoms with Crippen molar-refractivity contribution in [3.8, 4) is 5.88 Å². The first-order chi connectivity index (χ1) is 11.6. The van der Waals surface area contributed by atoms with Crippen LogP contribution >= 0.6 is 0 Å². The second-order valence-corrected chi connectivity index (χ2v) is 9.11. The van der Waals surface area contributed by atoms with Crippen molar-refractivity contribution in [3.05, 3.63) is 12.4 Å². The van der Waals surface area contributed by atoms with Crippen LogP contribution in [0.3, 0.4) is 0 Å². The number of hydrogen-bond acceptors (Lipinski definition) is 6. The van der Waals surface area contributed by atoms with Crippen molar-refractivity contribution in [3.63, 3.8) is 0 Å². The maximum atomic E-state index is 12.3. The van der Waals surface area contributed by atoms with E-state index in [1.165, 1.54) is 25.6 Å². The molecule has 1 saturated carbocycles. The molecule has 2 aliphatic heterocycles. The summed E-state index contributed by atoms with van der Waals surface area (Å²) in [6, 6.07) is 1.88. The number of piperidine rings is 1. The van der Waals surface area contributed by atoms with Crippen LogP contribution in [0.5, 0.6) is 5.88 Å². The van der Waals surface area contributed by atoms with Crippen LogP contribution in [0, 0.1) is 0 Å². The van der Waals surface area contributed by atoms with Crippen molar-refractivity contribution in [2.75, 3.05) is 31.1 Å². The van der Waals surface area contributed by atoms with E-state index in [1.54, 1.807) is 4.31 Å². The van der Waals surface area contributed by atoms with Crippen molar-refractivity contribution in [2.45, 2.75) is 49.9 Å². The number of anilines is 1. The fourth-order valence-corrected chi connectivity index (χ4v) is 5.35. The van der Waals surface area contributed by atoms with Crippen LogP contribution in [-0.2, 0) is 10.0 Å². The molecule has 3 heterocycles. The Bertz CT molecular complexity index is 686. The molecule has 0 amide bonds. The lowest BCUT2D eigenvalue weighted by Crippen LogP contribution is -2.33. The Labute approximate surface area is 143 Å². The minimum absolute atomic E-state index is 0.123. The third-order valence-electron chi connectivity index (χ3n) is 5.01. The molecule has 0 N–H and O–H groups in total. The maximum absolute atomic E-state index is 12.3. The van der Waals surface area contributed by atoms with Crippen LogP contribution in [0.4, 0.5) is 5.82 Å². The van der Waals surface area contributed by atoms with Gasteiger partial charge in [0.1, 0.15) is 18.2 Å². The van der Waals surface area contributed by atoms with E-state index in [2.05, 4.69) is 14.9 Å². The molecule has 1 aromatic heterocycles. The van der Waals surface area contributed by atoms with Crippen molar-refractivity contribution in [2.24, 2.45) is 0 Å². The Morgan fingerprint density at radius 2 is 1.83 bits per heavy atom. The molecule has 24 heavy (non-hydrogen) atoms. The zero-order chi connectivity index (χ0) is 16.6. The highest BCUT2D eigenvalue weighted by molar-refractivity contribution is 7.90. The van der Waals surface area contributed by atoms with Crippen LogP contribution in [0.1, 0.15) is 38.5 Å². The SMILES string of the molecule is O=S(=O)(C1CC1)N1CCC(Oc2cc(N3CCCCC3)ncn2)C1. The molecule has 1 unspecified atom stereocenters. The van der Waals surface area contributed by atoms with E-state index in [-0.39, 0.29) is 11.4 Å². The molecule has 1 atom stereocenters. The average molecular weight is 352 g/mol. The third kappa shape index (κ3) is 3.35. The molecular formula is C16H24N4O3S. The van der Waals surface area contributed by atoms with E-state index < -0.39 is 10.0 Å². The summed E-state index contributed by atoms with van der Waals surface area (Å²) in [5.74, 6) is 1.45. The molecule has 132 valence electrons. The predicted molar refractivity (Wildman–Crippen MR) is 90.6 cm³/mol. The summed E-state index contributed by atoms with van der Waals surface area (Å²) >= 11 is 0. The molecule has 4 rings (SSSR count). The minimum atomic E-state index is -3.10. The molecule has 7 nitrogen and oxygen atoms in total. The fraction of sp³-hybridized carbons (Fsp3) is 0.750. The van der Waals surface area contributed by atoms with Crippen molar-refractivity contribution < 1.29 is 13.2 Å². The highest BCUT2D eigenvalue weighted by Gasteiger charge is 2.43. The summed E-state index contributed by atoms with van der Waals surface area (Å²) in [4.78, 5) is 10.8. The second-order valence-electron chi connectivity index (χ2n) is 6.89. The highest BCUT2D eigenvalue weighted by Crippen LogP contribution is 2.33. The van der Waals surface area contributed by atoms with E-state index in [9.17, 15) is 8.42 Å². The van der Waals surface area contributed by atoms with Crippen LogP contribution < -0.4 is 9.64 Å².